The molecule has 1 unspecified atom stereocenters. The van der Waals surface area contributed by atoms with Gasteiger partial charge in [0.1, 0.15) is 6.04 Å². The van der Waals surface area contributed by atoms with Crippen LogP contribution in [0, 0.1) is 12.8 Å². The van der Waals surface area contributed by atoms with Crippen molar-refractivity contribution in [2.75, 3.05) is 0 Å². The largest absolute Gasteiger partial charge is 0.424 e. The molecular weight excluding hydrogens is 326 g/mol. The molecule has 0 radical (unpaired) electrons. The minimum absolute atomic E-state index is 0.141. The molecule has 2 rings (SSSR count). The van der Waals surface area contributed by atoms with E-state index in [2.05, 4.69) is 14.9 Å². The van der Waals surface area contributed by atoms with Crippen molar-refractivity contribution in [2.45, 2.75) is 38.1 Å². The lowest BCUT2D eigenvalue weighted by atomic mass is 10.0. The topological polar surface area (TPSA) is 85.1 Å². The number of aryl methyl sites for hydroxylation is 1. The minimum Gasteiger partial charge on any atom is -0.424 e. The molecule has 6 nitrogen and oxygen atoms in total. The molecule has 0 fully saturated rings. The first-order valence-electron chi connectivity index (χ1n) is 6.86. The van der Waals surface area contributed by atoms with Gasteiger partial charge in [-0.05, 0) is 36.6 Å². The van der Waals surface area contributed by atoms with Gasteiger partial charge in [0.15, 0.2) is 0 Å². The number of hydrogen-bond donors (Lipinski definition) is 1. The van der Waals surface area contributed by atoms with Crippen LogP contribution >= 0.6 is 11.6 Å². The van der Waals surface area contributed by atoms with Crippen molar-refractivity contribution in [1.82, 2.24) is 14.9 Å². The molecule has 1 aromatic carbocycles. The van der Waals surface area contributed by atoms with Gasteiger partial charge in [-0.3, -0.25) is 0 Å². The molecule has 0 aliphatic carbocycles. The predicted molar refractivity (Wildman–Crippen MR) is 83.0 cm³/mol. The van der Waals surface area contributed by atoms with E-state index in [4.69, 9.17) is 16.0 Å². The van der Waals surface area contributed by atoms with Gasteiger partial charge in [0, 0.05) is 11.9 Å². The monoisotopic (exact) mass is 343 g/mol. The molecule has 1 atom stereocenters. The van der Waals surface area contributed by atoms with E-state index in [1.54, 1.807) is 6.92 Å². The molecule has 1 aromatic heterocycles. The number of rotatable bonds is 6. The number of halogens is 1. The zero-order chi connectivity index (χ0) is 16.3. The third kappa shape index (κ3) is 4.28. The van der Waals surface area contributed by atoms with Crippen molar-refractivity contribution in [3.8, 4) is 0 Å². The SMILES string of the molecule is Cc1nnc(C(CC(C)C)NS(=O)(=O)c2ccc(Cl)cc2)o1. The molecule has 120 valence electrons. The fraction of sp³-hybridized carbons (Fsp3) is 0.429. The maximum atomic E-state index is 12.5. The lowest BCUT2D eigenvalue weighted by molar-refractivity contribution is 0.372. The second-order valence-corrected chi connectivity index (χ2v) is 7.57. The van der Waals surface area contributed by atoms with E-state index >= 15 is 0 Å². The van der Waals surface area contributed by atoms with Crippen LogP contribution in [0.15, 0.2) is 33.6 Å². The van der Waals surface area contributed by atoms with E-state index in [-0.39, 0.29) is 16.7 Å². The van der Waals surface area contributed by atoms with Crippen molar-refractivity contribution >= 4 is 21.6 Å². The number of hydrogen-bond acceptors (Lipinski definition) is 5. The molecular formula is C14H18ClN3O3S. The van der Waals surface area contributed by atoms with Crippen molar-refractivity contribution in [3.63, 3.8) is 0 Å². The van der Waals surface area contributed by atoms with Crippen LogP contribution in [0.4, 0.5) is 0 Å². The molecule has 0 spiro atoms. The zero-order valence-electron chi connectivity index (χ0n) is 12.6. The van der Waals surface area contributed by atoms with Gasteiger partial charge in [-0.1, -0.05) is 25.4 Å². The summed E-state index contributed by atoms with van der Waals surface area (Å²) in [7, 11) is -3.70. The predicted octanol–water partition coefficient (Wildman–Crippen LogP) is 3.10. The maximum Gasteiger partial charge on any atom is 0.241 e. The second-order valence-electron chi connectivity index (χ2n) is 5.42. The normalized spacial score (nSPS) is 13.5. The van der Waals surface area contributed by atoms with Gasteiger partial charge in [-0.15, -0.1) is 10.2 Å². The Morgan fingerprint density at radius 2 is 1.86 bits per heavy atom. The summed E-state index contributed by atoms with van der Waals surface area (Å²) >= 11 is 5.79. The molecule has 0 amide bonds. The van der Waals surface area contributed by atoms with E-state index in [9.17, 15) is 8.42 Å². The highest BCUT2D eigenvalue weighted by atomic mass is 35.5. The fourth-order valence-electron chi connectivity index (χ4n) is 1.99. The Bertz CT molecular complexity index is 726. The summed E-state index contributed by atoms with van der Waals surface area (Å²) in [5.74, 6) is 0.920. The maximum absolute atomic E-state index is 12.5. The summed E-state index contributed by atoms with van der Waals surface area (Å²) in [6.45, 7) is 5.65. The molecule has 22 heavy (non-hydrogen) atoms. The van der Waals surface area contributed by atoms with Crippen molar-refractivity contribution in [2.24, 2.45) is 5.92 Å². The van der Waals surface area contributed by atoms with E-state index in [1.165, 1.54) is 24.3 Å². The molecule has 0 bridgehead atoms. The number of aromatic nitrogens is 2. The van der Waals surface area contributed by atoms with E-state index in [0.717, 1.165) is 0 Å². The van der Waals surface area contributed by atoms with Crippen LogP contribution < -0.4 is 4.72 Å². The summed E-state index contributed by atoms with van der Waals surface area (Å²) in [5.41, 5.74) is 0. The van der Waals surface area contributed by atoms with Crippen molar-refractivity contribution in [1.29, 1.82) is 0 Å². The molecule has 0 aliphatic heterocycles. The first-order valence-corrected chi connectivity index (χ1v) is 8.72. The van der Waals surface area contributed by atoms with Crippen molar-refractivity contribution in [3.05, 3.63) is 41.1 Å². The highest BCUT2D eigenvalue weighted by molar-refractivity contribution is 7.89. The zero-order valence-corrected chi connectivity index (χ0v) is 14.1. The van der Waals surface area contributed by atoms with Crippen LogP contribution in [0.25, 0.3) is 0 Å². The Morgan fingerprint density at radius 3 is 2.36 bits per heavy atom. The number of sulfonamides is 1. The Kier molecular flexibility index (Phi) is 5.20. The van der Waals surface area contributed by atoms with Gasteiger partial charge < -0.3 is 4.42 Å². The summed E-state index contributed by atoms with van der Waals surface area (Å²) < 4.78 is 32.9. The molecule has 0 saturated carbocycles. The summed E-state index contributed by atoms with van der Waals surface area (Å²) in [6.07, 6.45) is 0.550. The van der Waals surface area contributed by atoms with Crippen molar-refractivity contribution < 1.29 is 12.8 Å². The second kappa shape index (κ2) is 6.76. The Morgan fingerprint density at radius 1 is 1.23 bits per heavy atom. The van der Waals surface area contributed by atoms with Gasteiger partial charge in [0.25, 0.3) is 0 Å². The summed E-state index contributed by atoms with van der Waals surface area (Å²) in [6, 6.07) is 5.41. The highest BCUT2D eigenvalue weighted by Gasteiger charge is 2.26. The first-order chi connectivity index (χ1) is 10.3. The average Bonchev–Trinajstić information content (AvgIpc) is 2.84. The average molecular weight is 344 g/mol. The molecule has 8 heteroatoms. The van der Waals surface area contributed by atoms with Crippen LogP contribution in [0.5, 0.6) is 0 Å². The van der Waals surface area contributed by atoms with E-state index in [1.807, 2.05) is 13.8 Å². The van der Waals surface area contributed by atoms with Crippen LogP contribution in [-0.2, 0) is 10.0 Å². The van der Waals surface area contributed by atoms with Crippen LogP contribution in [0.2, 0.25) is 5.02 Å². The summed E-state index contributed by atoms with van der Waals surface area (Å²) in [4.78, 5) is 0.141. The summed E-state index contributed by atoms with van der Waals surface area (Å²) in [5, 5.41) is 8.16. The van der Waals surface area contributed by atoms with Gasteiger partial charge in [-0.2, -0.15) is 4.72 Å². The van der Waals surface area contributed by atoms with Gasteiger partial charge >= 0.3 is 0 Å². The number of nitrogens with one attached hydrogen (secondary N) is 1. The first kappa shape index (κ1) is 16.9. The minimum atomic E-state index is -3.70. The molecule has 1 N–H and O–H groups in total. The molecule has 2 aromatic rings. The fourth-order valence-corrected chi connectivity index (χ4v) is 3.32. The third-order valence-electron chi connectivity index (χ3n) is 2.97. The smallest absolute Gasteiger partial charge is 0.241 e. The lowest BCUT2D eigenvalue weighted by Gasteiger charge is -2.17. The number of nitrogens with zero attached hydrogens (tertiary/aromatic N) is 2. The molecule has 0 saturated heterocycles. The standard InChI is InChI=1S/C14H18ClN3O3S/c1-9(2)8-13(14-17-16-10(3)21-14)18-22(19,20)12-6-4-11(15)5-7-12/h4-7,9,13,18H,8H2,1-3H3. The van der Waals surface area contributed by atoms with E-state index in [0.29, 0.717) is 17.3 Å². The van der Waals surface area contributed by atoms with Crippen LogP contribution in [0.1, 0.15) is 38.1 Å². The van der Waals surface area contributed by atoms with Crippen LogP contribution in [0.3, 0.4) is 0 Å². The van der Waals surface area contributed by atoms with E-state index < -0.39 is 16.1 Å². The third-order valence-corrected chi connectivity index (χ3v) is 4.71. The Hall–Kier alpha value is -1.44. The Balaban J connectivity index is 2.27. The lowest BCUT2D eigenvalue weighted by Crippen LogP contribution is -2.30. The quantitative estimate of drug-likeness (QED) is 0.871. The van der Waals surface area contributed by atoms with Gasteiger partial charge in [0.05, 0.1) is 4.90 Å². The van der Waals surface area contributed by atoms with Crippen LogP contribution in [-0.4, -0.2) is 18.6 Å². The number of benzene rings is 1. The van der Waals surface area contributed by atoms with Gasteiger partial charge in [0.2, 0.25) is 21.8 Å². The molecule has 1 heterocycles. The molecule has 0 aliphatic rings. The Labute approximate surface area is 134 Å². The highest BCUT2D eigenvalue weighted by Crippen LogP contribution is 2.23. The van der Waals surface area contributed by atoms with Gasteiger partial charge in [-0.25, -0.2) is 8.42 Å².